The highest BCUT2D eigenvalue weighted by Crippen LogP contribution is 2.48. The van der Waals surface area contributed by atoms with E-state index in [9.17, 15) is 4.57 Å². The Labute approximate surface area is 182 Å². The zero-order chi connectivity index (χ0) is 21.6. The van der Waals surface area contributed by atoms with E-state index >= 15 is 0 Å². The second-order valence-electron chi connectivity index (χ2n) is 8.74. The summed E-state index contributed by atoms with van der Waals surface area (Å²) in [5.41, 5.74) is 4.88. The van der Waals surface area contributed by atoms with Gasteiger partial charge in [-0.25, -0.2) is 0 Å². The van der Waals surface area contributed by atoms with E-state index in [0.29, 0.717) is 30.4 Å². The Bertz CT molecular complexity index is 816. The van der Waals surface area contributed by atoms with Crippen LogP contribution in [0.5, 0.6) is 0 Å². The van der Waals surface area contributed by atoms with Gasteiger partial charge in [0.15, 0.2) is 0 Å². The van der Waals surface area contributed by atoms with Crippen LogP contribution in [-0.2, 0) is 13.6 Å². The largest absolute Gasteiger partial charge is 0.361 e. The molecule has 3 nitrogen and oxygen atoms in total. The minimum atomic E-state index is -3.39. The van der Waals surface area contributed by atoms with E-state index in [1.165, 1.54) is 22.3 Å². The third-order valence-corrected chi connectivity index (χ3v) is 8.18. The average molecular weight is 427 g/mol. The lowest BCUT2D eigenvalue weighted by atomic mass is 9.86. The molecule has 0 aromatic heterocycles. The summed E-state index contributed by atoms with van der Waals surface area (Å²) in [7, 11) is -3.39. The summed E-state index contributed by atoms with van der Waals surface area (Å²) in [5, 5.41) is 0.623. The van der Waals surface area contributed by atoms with Gasteiger partial charge in [0.25, 0.3) is 0 Å². The van der Waals surface area contributed by atoms with Gasteiger partial charge in [0.05, 0.1) is 18.5 Å². The molecule has 0 unspecified atom stereocenters. The van der Waals surface area contributed by atoms with Crippen molar-refractivity contribution in [3.05, 3.63) is 77.9 Å². The zero-order valence-electron chi connectivity index (χ0n) is 18.4. The number of hydrogen-bond donors (Lipinski definition) is 0. The molecule has 4 heteroatoms. The van der Waals surface area contributed by atoms with Gasteiger partial charge in [0.1, 0.15) is 0 Å². The molecule has 0 heterocycles. The first-order valence-corrected chi connectivity index (χ1v) is 12.5. The van der Waals surface area contributed by atoms with Crippen LogP contribution in [0.2, 0.25) is 0 Å². The van der Waals surface area contributed by atoms with Crippen LogP contribution in [0.4, 0.5) is 0 Å². The molecule has 2 aliphatic carbocycles. The van der Waals surface area contributed by atoms with Crippen LogP contribution in [0, 0.1) is 11.8 Å². The van der Waals surface area contributed by atoms with E-state index in [0.717, 1.165) is 38.5 Å². The summed E-state index contributed by atoms with van der Waals surface area (Å²) in [6.45, 7) is 13.0. The Balaban J connectivity index is 1.65. The lowest BCUT2D eigenvalue weighted by Gasteiger charge is -2.26. The summed E-state index contributed by atoms with van der Waals surface area (Å²) in [4.78, 5) is 0. The van der Waals surface area contributed by atoms with E-state index in [2.05, 4.69) is 39.2 Å². The van der Waals surface area contributed by atoms with Gasteiger partial charge in [-0.3, -0.25) is 4.57 Å². The molecule has 0 radical (unpaired) electrons. The van der Waals surface area contributed by atoms with Crippen molar-refractivity contribution >= 4 is 12.9 Å². The molecule has 0 N–H and O–H groups in total. The van der Waals surface area contributed by atoms with Gasteiger partial charge >= 0.3 is 7.60 Å². The Morgan fingerprint density at radius 3 is 1.73 bits per heavy atom. The van der Waals surface area contributed by atoms with E-state index in [4.69, 9.17) is 9.05 Å². The molecule has 0 bridgehead atoms. The van der Waals surface area contributed by atoms with E-state index in [1.54, 1.807) is 0 Å². The molecule has 30 heavy (non-hydrogen) atoms. The molecule has 0 saturated carbocycles. The van der Waals surface area contributed by atoms with Crippen LogP contribution in [0.25, 0.3) is 0 Å². The molecule has 1 aromatic carbocycles. The van der Waals surface area contributed by atoms with E-state index < -0.39 is 7.60 Å². The first kappa shape index (κ1) is 23.0. The van der Waals surface area contributed by atoms with E-state index in [-0.39, 0.29) is 0 Å². The molecule has 1 aromatic rings. The Morgan fingerprint density at radius 2 is 1.37 bits per heavy atom. The summed E-state index contributed by atoms with van der Waals surface area (Å²) < 4.78 is 25.7. The van der Waals surface area contributed by atoms with Gasteiger partial charge in [-0.15, -0.1) is 0 Å². The molecule has 2 atom stereocenters. The third kappa shape index (κ3) is 6.17. The van der Waals surface area contributed by atoms with Gasteiger partial charge in [-0.1, -0.05) is 54.7 Å². The molecule has 0 amide bonds. The fraction of sp³-hybridized carbons (Fsp3) is 0.462. The molecule has 162 valence electrons. The number of allylic oxidation sites excluding steroid dienone is 4. The molecule has 0 aliphatic heterocycles. The van der Waals surface area contributed by atoms with Crippen LogP contribution in [0.15, 0.2) is 77.9 Å². The fourth-order valence-corrected chi connectivity index (χ4v) is 5.65. The number of hydrogen-bond acceptors (Lipinski definition) is 3. The number of rotatable bonds is 9. The predicted octanol–water partition coefficient (Wildman–Crippen LogP) is 7.14. The van der Waals surface area contributed by atoms with E-state index in [1.807, 2.05) is 30.3 Å². The summed E-state index contributed by atoms with van der Waals surface area (Å²) >= 11 is 0. The fourth-order valence-electron chi connectivity index (χ4n) is 4.07. The first-order chi connectivity index (χ1) is 14.4. The lowest BCUT2D eigenvalue weighted by molar-refractivity contribution is 0.233. The highest BCUT2D eigenvalue weighted by Gasteiger charge is 2.29. The lowest BCUT2D eigenvalue weighted by Crippen LogP contribution is -2.16. The van der Waals surface area contributed by atoms with Crippen molar-refractivity contribution in [1.29, 1.82) is 0 Å². The summed E-state index contributed by atoms with van der Waals surface area (Å²) in [6, 6.07) is 9.34. The van der Waals surface area contributed by atoms with Gasteiger partial charge in [0, 0.05) is 0 Å². The topological polar surface area (TPSA) is 35.5 Å². The van der Waals surface area contributed by atoms with Crippen LogP contribution in [-0.4, -0.2) is 13.2 Å². The quantitative estimate of drug-likeness (QED) is 0.311. The smallest absolute Gasteiger partial charge is 0.301 e. The van der Waals surface area contributed by atoms with Crippen LogP contribution in [0.3, 0.4) is 0 Å². The molecule has 2 aliphatic rings. The van der Waals surface area contributed by atoms with Gasteiger partial charge in [-0.2, -0.15) is 0 Å². The molecule has 3 rings (SSSR count). The summed E-state index contributed by atoms with van der Waals surface area (Å²) in [5.74, 6) is 1.10. The van der Waals surface area contributed by atoms with Crippen molar-refractivity contribution < 1.29 is 13.6 Å². The van der Waals surface area contributed by atoms with Crippen LogP contribution < -0.4 is 5.30 Å². The first-order valence-electron chi connectivity index (χ1n) is 11.0. The Kier molecular flexibility index (Phi) is 8.11. The van der Waals surface area contributed by atoms with Crippen molar-refractivity contribution in [2.24, 2.45) is 11.8 Å². The monoisotopic (exact) mass is 426 g/mol. The van der Waals surface area contributed by atoms with Crippen molar-refractivity contribution in [2.75, 3.05) is 13.2 Å². The van der Waals surface area contributed by atoms with Crippen molar-refractivity contribution in [3.63, 3.8) is 0 Å². The summed E-state index contributed by atoms with van der Waals surface area (Å²) in [6.07, 6.45) is 10.5. The minimum absolute atomic E-state index is 0.353. The maximum absolute atomic E-state index is 13.7. The minimum Gasteiger partial charge on any atom is -0.301 e. The van der Waals surface area contributed by atoms with Crippen LogP contribution >= 0.6 is 7.60 Å². The molecule has 0 fully saturated rings. The molecular formula is C26H35O3P. The maximum Gasteiger partial charge on any atom is 0.361 e. The molecule has 0 spiro atoms. The van der Waals surface area contributed by atoms with Crippen molar-refractivity contribution in [1.82, 2.24) is 0 Å². The Morgan fingerprint density at radius 1 is 0.900 bits per heavy atom. The standard InChI is InChI=1S/C26H35O3P/c1-20(2)24-14-10-22(11-15-24)18-28-30(27,26-8-6-5-7-9-26)29-19-23-12-16-25(17-13-23)21(3)4/h5-10,12,24-25H,1,3,11,13-19H2,2,4H3/t24-,25-/m1/s1. The SMILES string of the molecule is C=C(C)[C@@H]1CC=C(COP(=O)(OCC2=CC[C@@H](C(=C)C)CC2)c2ccccc2)CC1. The average Bonchev–Trinajstić information content (AvgIpc) is 2.77. The highest BCUT2D eigenvalue weighted by molar-refractivity contribution is 7.62. The Hall–Kier alpha value is -1.67. The second-order valence-corrected chi connectivity index (χ2v) is 10.8. The zero-order valence-corrected chi connectivity index (χ0v) is 19.3. The van der Waals surface area contributed by atoms with Crippen molar-refractivity contribution in [2.45, 2.75) is 52.4 Å². The predicted molar refractivity (Wildman–Crippen MR) is 126 cm³/mol. The molecule has 0 saturated heterocycles. The number of benzene rings is 1. The second kappa shape index (κ2) is 10.6. The third-order valence-electron chi connectivity index (χ3n) is 6.32. The maximum atomic E-state index is 13.7. The normalized spacial score (nSPS) is 22.2. The van der Waals surface area contributed by atoms with Crippen LogP contribution in [0.1, 0.15) is 52.4 Å². The molecular weight excluding hydrogens is 391 g/mol. The van der Waals surface area contributed by atoms with Crippen molar-refractivity contribution in [3.8, 4) is 0 Å². The van der Waals surface area contributed by atoms with Gasteiger partial charge in [-0.05, 0) is 87.5 Å². The van der Waals surface area contributed by atoms with Gasteiger partial charge in [0.2, 0.25) is 0 Å². The van der Waals surface area contributed by atoms with Gasteiger partial charge < -0.3 is 9.05 Å². The highest BCUT2D eigenvalue weighted by atomic mass is 31.2.